The SMILES string of the molecule is CCOC(=O)CCN(C)Cc1ccc(OCC)cc1. The Morgan fingerprint density at radius 2 is 1.84 bits per heavy atom. The van der Waals surface area contributed by atoms with Gasteiger partial charge in [-0.1, -0.05) is 12.1 Å². The van der Waals surface area contributed by atoms with Gasteiger partial charge in [-0.3, -0.25) is 4.79 Å². The van der Waals surface area contributed by atoms with Crippen LogP contribution in [0.4, 0.5) is 0 Å². The molecule has 1 aromatic carbocycles. The Hall–Kier alpha value is -1.55. The third kappa shape index (κ3) is 6.25. The van der Waals surface area contributed by atoms with Gasteiger partial charge in [0.2, 0.25) is 0 Å². The van der Waals surface area contributed by atoms with Crippen molar-refractivity contribution in [2.24, 2.45) is 0 Å². The molecule has 4 nitrogen and oxygen atoms in total. The van der Waals surface area contributed by atoms with E-state index in [2.05, 4.69) is 4.90 Å². The minimum atomic E-state index is -0.138. The summed E-state index contributed by atoms with van der Waals surface area (Å²) in [5.74, 6) is 0.751. The summed E-state index contributed by atoms with van der Waals surface area (Å²) in [6, 6.07) is 8.04. The minimum absolute atomic E-state index is 0.138. The molecule has 0 fully saturated rings. The molecule has 0 aromatic heterocycles. The van der Waals surface area contributed by atoms with Crippen molar-refractivity contribution in [1.29, 1.82) is 0 Å². The average Bonchev–Trinajstić information content (AvgIpc) is 2.39. The number of carbonyl (C=O) groups excluding carboxylic acids is 1. The molecule has 0 aliphatic heterocycles. The molecule has 0 saturated carbocycles. The third-order valence-corrected chi connectivity index (χ3v) is 2.69. The molecule has 0 atom stereocenters. The maximum absolute atomic E-state index is 11.3. The van der Waals surface area contributed by atoms with Gasteiger partial charge in [-0.05, 0) is 38.6 Å². The summed E-state index contributed by atoms with van der Waals surface area (Å²) in [6.45, 7) is 6.43. The normalized spacial score (nSPS) is 10.5. The molecule has 0 N–H and O–H groups in total. The van der Waals surface area contributed by atoms with E-state index in [-0.39, 0.29) is 5.97 Å². The lowest BCUT2D eigenvalue weighted by molar-refractivity contribution is -0.143. The molecule has 19 heavy (non-hydrogen) atoms. The molecule has 0 aliphatic rings. The van der Waals surface area contributed by atoms with E-state index in [4.69, 9.17) is 9.47 Å². The van der Waals surface area contributed by atoms with Crippen LogP contribution in [0.15, 0.2) is 24.3 Å². The maximum atomic E-state index is 11.3. The summed E-state index contributed by atoms with van der Waals surface area (Å²) < 4.78 is 10.3. The van der Waals surface area contributed by atoms with Crippen LogP contribution in [0, 0.1) is 0 Å². The topological polar surface area (TPSA) is 38.8 Å². The molecule has 0 unspecified atom stereocenters. The molecule has 1 aromatic rings. The standard InChI is InChI=1S/C15H23NO3/c1-4-18-14-8-6-13(7-9-14)12-16(3)11-10-15(17)19-5-2/h6-9H,4-5,10-12H2,1-3H3. The fourth-order valence-electron chi connectivity index (χ4n) is 1.76. The van der Waals surface area contributed by atoms with Crippen LogP contribution < -0.4 is 4.74 Å². The minimum Gasteiger partial charge on any atom is -0.494 e. The Balaban J connectivity index is 2.35. The van der Waals surface area contributed by atoms with Gasteiger partial charge in [-0.2, -0.15) is 0 Å². The van der Waals surface area contributed by atoms with Gasteiger partial charge in [0.15, 0.2) is 0 Å². The van der Waals surface area contributed by atoms with E-state index in [1.54, 1.807) is 0 Å². The maximum Gasteiger partial charge on any atom is 0.307 e. The van der Waals surface area contributed by atoms with Crippen LogP contribution in [0.3, 0.4) is 0 Å². The molecule has 0 heterocycles. The van der Waals surface area contributed by atoms with Crippen molar-refractivity contribution in [2.75, 3.05) is 26.8 Å². The van der Waals surface area contributed by atoms with E-state index in [0.29, 0.717) is 26.2 Å². The summed E-state index contributed by atoms with van der Waals surface area (Å²) >= 11 is 0. The summed E-state index contributed by atoms with van der Waals surface area (Å²) in [5, 5.41) is 0. The Morgan fingerprint density at radius 1 is 1.16 bits per heavy atom. The molecule has 1 rings (SSSR count). The van der Waals surface area contributed by atoms with Gasteiger partial charge in [0.1, 0.15) is 5.75 Å². The van der Waals surface area contributed by atoms with Gasteiger partial charge < -0.3 is 14.4 Å². The number of esters is 1. The smallest absolute Gasteiger partial charge is 0.307 e. The van der Waals surface area contributed by atoms with Crippen LogP contribution in [0.2, 0.25) is 0 Å². The molecule has 0 amide bonds. The molecule has 0 bridgehead atoms. The number of hydrogen-bond donors (Lipinski definition) is 0. The van der Waals surface area contributed by atoms with Gasteiger partial charge in [0.25, 0.3) is 0 Å². The zero-order valence-electron chi connectivity index (χ0n) is 12.0. The summed E-state index contributed by atoms with van der Waals surface area (Å²) in [4.78, 5) is 13.4. The lowest BCUT2D eigenvalue weighted by Gasteiger charge is -2.16. The van der Waals surface area contributed by atoms with Gasteiger partial charge in [-0.15, -0.1) is 0 Å². The predicted molar refractivity (Wildman–Crippen MR) is 75.2 cm³/mol. The number of carbonyl (C=O) groups is 1. The first-order valence-corrected chi connectivity index (χ1v) is 6.71. The summed E-state index contributed by atoms with van der Waals surface area (Å²) in [6.07, 6.45) is 0.432. The number of benzene rings is 1. The van der Waals surface area contributed by atoms with E-state index in [0.717, 1.165) is 12.3 Å². The van der Waals surface area contributed by atoms with Gasteiger partial charge in [-0.25, -0.2) is 0 Å². The number of rotatable bonds is 8. The van der Waals surface area contributed by atoms with Crippen molar-refractivity contribution in [3.05, 3.63) is 29.8 Å². The second-order valence-corrected chi connectivity index (χ2v) is 4.37. The highest BCUT2D eigenvalue weighted by Gasteiger charge is 2.05. The fourth-order valence-corrected chi connectivity index (χ4v) is 1.76. The molecular formula is C15H23NO3. The Bertz CT molecular complexity index is 375. The van der Waals surface area contributed by atoms with Crippen LogP contribution in [-0.2, 0) is 16.1 Å². The van der Waals surface area contributed by atoms with Gasteiger partial charge in [0, 0.05) is 13.1 Å². The van der Waals surface area contributed by atoms with Crippen molar-refractivity contribution in [2.45, 2.75) is 26.8 Å². The lowest BCUT2D eigenvalue weighted by Crippen LogP contribution is -2.22. The van der Waals surface area contributed by atoms with Crippen LogP contribution in [0.25, 0.3) is 0 Å². The van der Waals surface area contributed by atoms with Gasteiger partial charge in [0.05, 0.1) is 19.6 Å². The first kappa shape index (κ1) is 15.5. The Morgan fingerprint density at radius 3 is 2.42 bits per heavy atom. The van der Waals surface area contributed by atoms with Crippen LogP contribution in [0.5, 0.6) is 5.75 Å². The number of ether oxygens (including phenoxy) is 2. The largest absolute Gasteiger partial charge is 0.494 e. The average molecular weight is 265 g/mol. The predicted octanol–water partition coefficient (Wildman–Crippen LogP) is 2.47. The lowest BCUT2D eigenvalue weighted by atomic mass is 10.2. The third-order valence-electron chi connectivity index (χ3n) is 2.69. The number of hydrogen-bond acceptors (Lipinski definition) is 4. The van der Waals surface area contributed by atoms with Crippen molar-refractivity contribution in [1.82, 2.24) is 4.90 Å². The summed E-state index contributed by atoms with van der Waals surface area (Å²) in [5.41, 5.74) is 1.20. The van der Waals surface area contributed by atoms with Crippen molar-refractivity contribution in [3.63, 3.8) is 0 Å². The van der Waals surface area contributed by atoms with Crippen LogP contribution in [-0.4, -0.2) is 37.7 Å². The van der Waals surface area contributed by atoms with Crippen LogP contribution >= 0.6 is 0 Å². The van der Waals surface area contributed by atoms with E-state index in [1.807, 2.05) is 45.2 Å². The van der Waals surface area contributed by atoms with Crippen molar-refractivity contribution in [3.8, 4) is 5.75 Å². The Labute approximate surface area is 115 Å². The second kappa shape index (κ2) is 8.53. The fraction of sp³-hybridized carbons (Fsp3) is 0.533. The monoisotopic (exact) mass is 265 g/mol. The summed E-state index contributed by atoms with van der Waals surface area (Å²) in [7, 11) is 2.00. The Kier molecular flexibility index (Phi) is 6.97. The highest BCUT2D eigenvalue weighted by atomic mass is 16.5. The molecule has 106 valence electrons. The van der Waals surface area contributed by atoms with Crippen LogP contribution in [0.1, 0.15) is 25.8 Å². The first-order valence-electron chi connectivity index (χ1n) is 6.71. The molecular weight excluding hydrogens is 242 g/mol. The van der Waals surface area contributed by atoms with E-state index >= 15 is 0 Å². The first-order chi connectivity index (χ1) is 9.15. The number of nitrogens with zero attached hydrogens (tertiary/aromatic N) is 1. The van der Waals surface area contributed by atoms with Crippen molar-refractivity contribution < 1.29 is 14.3 Å². The molecule has 0 radical (unpaired) electrons. The zero-order valence-corrected chi connectivity index (χ0v) is 12.0. The molecule has 0 spiro atoms. The second-order valence-electron chi connectivity index (χ2n) is 4.37. The van der Waals surface area contributed by atoms with E-state index in [1.165, 1.54) is 5.56 Å². The van der Waals surface area contributed by atoms with E-state index < -0.39 is 0 Å². The molecule has 4 heteroatoms. The van der Waals surface area contributed by atoms with Gasteiger partial charge >= 0.3 is 5.97 Å². The molecule has 0 saturated heterocycles. The molecule has 0 aliphatic carbocycles. The highest BCUT2D eigenvalue weighted by Crippen LogP contribution is 2.13. The zero-order chi connectivity index (χ0) is 14.1. The highest BCUT2D eigenvalue weighted by molar-refractivity contribution is 5.69. The van der Waals surface area contributed by atoms with Crippen molar-refractivity contribution >= 4 is 5.97 Å². The quantitative estimate of drug-likeness (QED) is 0.677. The van der Waals surface area contributed by atoms with E-state index in [9.17, 15) is 4.79 Å².